The molecule has 0 aliphatic carbocycles. The molecule has 0 bridgehead atoms. The van der Waals surface area contributed by atoms with Crippen molar-refractivity contribution in [3.05, 3.63) is 60.7 Å². The second-order valence-electron chi connectivity index (χ2n) is 3.17. The molecule has 17 heavy (non-hydrogen) atoms. The van der Waals surface area contributed by atoms with Crippen LogP contribution in [0.3, 0.4) is 0 Å². The lowest BCUT2D eigenvalue weighted by Gasteiger charge is -2.10. The maximum Gasteiger partial charge on any atom is 0.785 e. The van der Waals surface area contributed by atoms with E-state index in [1.165, 1.54) is 0 Å². The average Bonchev–Trinajstić information content (AvgIpc) is 2.31. The SMILES string of the molecule is OB(Oc1ccccc1)Oc1ccccc1.[B]. The molecule has 1 N–H and O–H groups in total. The average molecular weight is 225 g/mol. The number of benzene rings is 2. The number of hydrogen-bond acceptors (Lipinski definition) is 3. The molecule has 0 heterocycles. The van der Waals surface area contributed by atoms with Crippen LogP contribution in [-0.2, 0) is 0 Å². The zero-order valence-electron chi connectivity index (χ0n) is 9.19. The molecule has 2 aromatic carbocycles. The topological polar surface area (TPSA) is 38.7 Å². The highest BCUT2D eigenvalue weighted by molar-refractivity contribution is 6.36. The highest BCUT2D eigenvalue weighted by Gasteiger charge is 2.20. The van der Waals surface area contributed by atoms with Crippen LogP contribution < -0.4 is 9.31 Å². The van der Waals surface area contributed by atoms with E-state index in [4.69, 9.17) is 9.31 Å². The fraction of sp³-hybridized carbons (Fsp3) is 0. The third-order valence-corrected chi connectivity index (χ3v) is 1.96. The molecular formula is C12H11B2O3. The molecule has 0 fully saturated rings. The molecule has 3 nitrogen and oxygen atoms in total. The third kappa shape index (κ3) is 4.25. The van der Waals surface area contributed by atoms with Crippen molar-refractivity contribution in [3.63, 3.8) is 0 Å². The van der Waals surface area contributed by atoms with Crippen molar-refractivity contribution in [2.45, 2.75) is 0 Å². The van der Waals surface area contributed by atoms with Gasteiger partial charge in [-0.1, -0.05) is 36.4 Å². The molecule has 2 aromatic rings. The molecule has 0 aromatic heterocycles. The number of hydrogen-bond donors (Lipinski definition) is 1. The summed E-state index contributed by atoms with van der Waals surface area (Å²) in [6, 6.07) is 18.0. The Hall–Kier alpha value is -1.87. The molecule has 3 radical (unpaired) electrons. The molecule has 5 heteroatoms. The first-order valence-electron chi connectivity index (χ1n) is 4.96. The van der Waals surface area contributed by atoms with Crippen molar-refractivity contribution >= 4 is 15.7 Å². The molecule has 0 aliphatic heterocycles. The Kier molecular flexibility index (Phi) is 5.17. The zero-order valence-corrected chi connectivity index (χ0v) is 9.19. The second-order valence-corrected chi connectivity index (χ2v) is 3.17. The Labute approximate surface area is 103 Å². The van der Waals surface area contributed by atoms with Gasteiger partial charge in [-0.3, -0.25) is 0 Å². The Bertz CT molecular complexity index is 381. The van der Waals surface area contributed by atoms with Crippen LogP contribution in [0.2, 0.25) is 0 Å². The standard InChI is InChI=1S/C12H11BO3.B/c14-13(15-11-7-3-1-4-8-11)16-12-9-5-2-6-10-12;/h1-10,14H;. The third-order valence-electron chi connectivity index (χ3n) is 1.96. The van der Waals surface area contributed by atoms with Crippen molar-refractivity contribution in [1.82, 2.24) is 0 Å². The van der Waals surface area contributed by atoms with Crippen LogP contribution in [0.25, 0.3) is 0 Å². The minimum atomic E-state index is -1.30. The second kappa shape index (κ2) is 6.66. The fourth-order valence-corrected chi connectivity index (χ4v) is 1.26. The molecule has 0 spiro atoms. The number of rotatable bonds is 4. The van der Waals surface area contributed by atoms with Crippen LogP contribution in [-0.4, -0.2) is 20.8 Å². The normalized spacial score (nSPS) is 9.00. The van der Waals surface area contributed by atoms with Gasteiger partial charge < -0.3 is 14.3 Å². The monoisotopic (exact) mass is 225 g/mol. The van der Waals surface area contributed by atoms with Crippen LogP contribution in [0.15, 0.2) is 60.7 Å². The highest BCUT2D eigenvalue weighted by Crippen LogP contribution is 2.12. The fourth-order valence-electron chi connectivity index (χ4n) is 1.26. The van der Waals surface area contributed by atoms with Gasteiger partial charge in [-0.15, -0.1) is 0 Å². The van der Waals surface area contributed by atoms with Crippen LogP contribution in [0, 0.1) is 0 Å². The van der Waals surface area contributed by atoms with E-state index in [9.17, 15) is 5.02 Å². The van der Waals surface area contributed by atoms with Gasteiger partial charge in [0.25, 0.3) is 0 Å². The molecule has 2 rings (SSSR count). The summed E-state index contributed by atoms with van der Waals surface area (Å²) >= 11 is 0. The maximum atomic E-state index is 9.51. The first-order chi connectivity index (χ1) is 7.84. The molecule has 0 saturated carbocycles. The highest BCUT2D eigenvalue weighted by atomic mass is 16.7. The summed E-state index contributed by atoms with van der Waals surface area (Å²) in [5.41, 5.74) is 0. The molecule has 83 valence electrons. The molecular weight excluding hydrogens is 214 g/mol. The first-order valence-corrected chi connectivity index (χ1v) is 4.96. The van der Waals surface area contributed by atoms with Gasteiger partial charge in [0.05, 0.1) is 0 Å². The summed E-state index contributed by atoms with van der Waals surface area (Å²) in [5.74, 6) is 1.12. The van der Waals surface area contributed by atoms with Gasteiger partial charge in [-0.2, -0.15) is 0 Å². The van der Waals surface area contributed by atoms with Crippen molar-refractivity contribution in [2.75, 3.05) is 0 Å². The summed E-state index contributed by atoms with van der Waals surface area (Å²) in [5, 5.41) is 9.51. The van der Waals surface area contributed by atoms with E-state index in [0.29, 0.717) is 11.5 Å². The van der Waals surface area contributed by atoms with Crippen molar-refractivity contribution in [3.8, 4) is 11.5 Å². The predicted octanol–water partition coefficient (Wildman–Crippen LogP) is 1.74. The van der Waals surface area contributed by atoms with Crippen LogP contribution >= 0.6 is 0 Å². The van der Waals surface area contributed by atoms with E-state index in [2.05, 4.69) is 0 Å². The summed E-state index contributed by atoms with van der Waals surface area (Å²) in [6.07, 6.45) is 0. The van der Waals surface area contributed by atoms with E-state index in [1.54, 1.807) is 24.3 Å². The van der Waals surface area contributed by atoms with Crippen molar-refractivity contribution < 1.29 is 14.3 Å². The van der Waals surface area contributed by atoms with Crippen LogP contribution in [0.5, 0.6) is 11.5 Å². The first kappa shape index (κ1) is 13.2. The minimum absolute atomic E-state index is 0. The lowest BCUT2D eigenvalue weighted by Crippen LogP contribution is -2.29. The number of para-hydroxylation sites is 2. The van der Waals surface area contributed by atoms with Gasteiger partial charge >= 0.3 is 7.32 Å². The van der Waals surface area contributed by atoms with E-state index < -0.39 is 7.32 Å². The van der Waals surface area contributed by atoms with Crippen LogP contribution in [0.4, 0.5) is 0 Å². The largest absolute Gasteiger partial charge is 0.785 e. The van der Waals surface area contributed by atoms with Gasteiger partial charge in [0.2, 0.25) is 0 Å². The lowest BCUT2D eigenvalue weighted by atomic mass is 10.2. The molecule has 0 saturated heterocycles. The van der Waals surface area contributed by atoms with E-state index in [1.807, 2.05) is 36.4 Å². The molecule has 0 aliphatic rings. The minimum Gasteiger partial charge on any atom is -0.501 e. The summed E-state index contributed by atoms with van der Waals surface area (Å²) < 4.78 is 10.3. The lowest BCUT2D eigenvalue weighted by molar-refractivity contribution is 0.298. The van der Waals surface area contributed by atoms with E-state index >= 15 is 0 Å². The quantitative estimate of drug-likeness (QED) is 0.805. The zero-order chi connectivity index (χ0) is 11.2. The van der Waals surface area contributed by atoms with Gasteiger partial charge in [-0.25, -0.2) is 0 Å². The van der Waals surface area contributed by atoms with Crippen molar-refractivity contribution in [2.24, 2.45) is 0 Å². The van der Waals surface area contributed by atoms with Gasteiger partial charge in [-0.05, 0) is 24.3 Å². The molecule has 0 unspecified atom stereocenters. The predicted molar refractivity (Wildman–Crippen MR) is 67.9 cm³/mol. The Morgan fingerprint density at radius 3 is 1.41 bits per heavy atom. The Morgan fingerprint density at radius 2 is 1.06 bits per heavy atom. The van der Waals surface area contributed by atoms with Crippen molar-refractivity contribution in [1.29, 1.82) is 0 Å². The van der Waals surface area contributed by atoms with Gasteiger partial charge in [0.1, 0.15) is 11.5 Å². The maximum absolute atomic E-state index is 9.51. The smallest absolute Gasteiger partial charge is 0.501 e. The van der Waals surface area contributed by atoms with Gasteiger partial charge in [0.15, 0.2) is 0 Å². The van der Waals surface area contributed by atoms with Gasteiger partial charge in [0, 0.05) is 8.41 Å². The van der Waals surface area contributed by atoms with Crippen LogP contribution in [0.1, 0.15) is 0 Å². The van der Waals surface area contributed by atoms with E-state index in [-0.39, 0.29) is 8.41 Å². The molecule has 0 atom stereocenters. The summed E-state index contributed by atoms with van der Waals surface area (Å²) in [4.78, 5) is 0. The Balaban J connectivity index is 0.00000144. The van der Waals surface area contributed by atoms with E-state index in [0.717, 1.165) is 0 Å². The Morgan fingerprint density at radius 1 is 0.706 bits per heavy atom. The summed E-state index contributed by atoms with van der Waals surface area (Å²) in [6.45, 7) is 0. The summed E-state index contributed by atoms with van der Waals surface area (Å²) in [7, 11) is -1.30. The molecule has 0 amide bonds.